The molecular formula is C30H28ClN3O3. The minimum Gasteiger partial charge on any atom is -0.345 e. The number of carbonyl (C=O) groups is 2. The first-order valence-electron chi connectivity index (χ1n) is 12.5. The molecule has 1 atom stereocenters. The Morgan fingerprint density at radius 1 is 0.973 bits per heavy atom. The summed E-state index contributed by atoms with van der Waals surface area (Å²) in [6, 6.07) is 23.9. The SMILES string of the molecule is CC[C@H](NC(=O)c1c(CN2CCCC2=O)n(-c2ccccc2)c(=O)c2c(Cl)cccc12)c1ccccc1. The van der Waals surface area contributed by atoms with Crippen LogP contribution in [0.15, 0.2) is 83.7 Å². The number of halogens is 1. The fourth-order valence-electron chi connectivity index (χ4n) is 5.09. The lowest BCUT2D eigenvalue weighted by Crippen LogP contribution is -2.36. The fourth-order valence-corrected chi connectivity index (χ4v) is 5.35. The summed E-state index contributed by atoms with van der Waals surface area (Å²) >= 11 is 6.56. The molecule has 7 heteroatoms. The molecule has 1 N–H and O–H groups in total. The summed E-state index contributed by atoms with van der Waals surface area (Å²) in [7, 11) is 0. The van der Waals surface area contributed by atoms with E-state index in [1.165, 1.54) is 4.57 Å². The number of nitrogens with one attached hydrogen (secondary N) is 1. The molecule has 2 heterocycles. The molecule has 37 heavy (non-hydrogen) atoms. The maximum Gasteiger partial charge on any atom is 0.264 e. The Balaban J connectivity index is 1.76. The first-order chi connectivity index (χ1) is 18.0. The Kier molecular flexibility index (Phi) is 7.10. The van der Waals surface area contributed by atoms with Crippen molar-refractivity contribution in [1.82, 2.24) is 14.8 Å². The van der Waals surface area contributed by atoms with Crippen molar-refractivity contribution in [2.75, 3.05) is 6.54 Å². The van der Waals surface area contributed by atoms with Crippen molar-refractivity contribution in [3.05, 3.63) is 111 Å². The number of amides is 2. The van der Waals surface area contributed by atoms with E-state index in [1.54, 1.807) is 23.1 Å². The summed E-state index contributed by atoms with van der Waals surface area (Å²) in [6.45, 7) is 2.75. The number of aromatic nitrogens is 1. The van der Waals surface area contributed by atoms with Gasteiger partial charge in [0.05, 0.1) is 34.3 Å². The Morgan fingerprint density at radius 3 is 2.32 bits per heavy atom. The standard InChI is InChI=1S/C30H28ClN3O3/c1-2-24(20-11-5-3-6-12-20)32-29(36)28-22-15-9-16-23(31)27(22)30(37)34(21-13-7-4-8-14-21)25(28)19-33-18-10-17-26(33)35/h3-9,11-16,24H,2,10,17-19H2,1H3,(H,32,36)/t24-/m0/s1. The van der Waals surface area contributed by atoms with Gasteiger partial charge in [-0.2, -0.15) is 0 Å². The van der Waals surface area contributed by atoms with E-state index in [4.69, 9.17) is 11.6 Å². The first kappa shape index (κ1) is 24.8. The number of benzene rings is 3. The average molecular weight is 514 g/mol. The number of nitrogens with zero attached hydrogens (tertiary/aromatic N) is 2. The van der Waals surface area contributed by atoms with Crippen molar-refractivity contribution in [3.63, 3.8) is 0 Å². The topological polar surface area (TPSA) is 71.4 Å². The maximum atomic E-state index is 14.1. The fraction of sp³-hybridized carbons (Fsp3) is 0.233. The second-order valence-electron chi connectivity index (χ2n) is 9.22. The number of fused-ring (bicyclic) bond motifs is 1. The van der Waals surface area contributed by atoms with Crippen LogP contribution in [0.1, 0.15) is 53.8 Å². The molecule has 4 aromatic rings. The van der Waals surface area contributed by atoms with Gasteiger partial charge in [0.25, 0.3) is 11.5 Å². The van der Waals surface area contributed by atoms with E-state index >= 15 is 0 Å². The molecule has 1 fully saturated rings. The van der Waals surface area contributed by atoms with Crippen molar-refractivity contribution in [2.45, 2.75) is 38.8 Å². The number of hydrogen-bond donors (Lipinski definition) is 1. The predicted octanol–water partition coefficient (Wildman–Crippen LogP) is 5.65. The van der Waals surface area contributed by atoms with Gasteiger partial charge in [0, 0.05) is 24.0 Å². The van der Waals surface area contributed by atoms with E-state index < -0.39 is 0 Å². The highest BCUT2D eigenvalue weighted by atomic mass is 35.5. The number of rotatable bonds is 7. The Morgan fingerprint density at radius 2 is 1.68 bits per heavy atom. The van der Waals surface area contributed by atoms with E-state index in [1.807, 2.05) is 67.6 Å². The van der Waals surface area contributed by atoms with E-state index in [-0.39, 0.29) is 40.4 Å². The van der Waals surface area contributed by atoms with Crippen LogP contribution in [0.3, 0.4) is 0 Å². The molecule has 6 nitrogen and oxygen atoms in total. The second-order valence-corrected chi connectivity index (χ2v) is 9.63. The van der Waals surface area contributed by atoms with Gasteiger partial charge in [-0.15, -0.1) is 0 Å². The van der Waals surface area contributed by atoms with Crippen LogP contribution in [-0.2, 0) is 11.3 Å². The third-order valence-corrected chi connectivity index (χ3v) is 7.24. The molecule has 0 spiro atoms. The third kappa shape index (κ3) is 4.77. The monoisotopic (exact) mass is 513 g/mol. The highest BCUT2D eigenvalue weighted by Gasteiger charge is 2.29. The molecule has 3 aromatic carbocycles. The summed E-state index contributed by atoms with van der Waals surface area (Å²) in [5, 5.41) is 4.22. The summed E-state index contributed by atoms with van der Waals surface area (Å²) in [4.78, 5) is 42.4. The second kappa shape index (κ2) is 10.6. The minimum absolute atomic E-state index is 0.0142. The predicted molar refractivity (Wildman–Crippen MR) is 146 cm³/mol. The van der Waals surface area contributed by atoms with Gasteiger partial charge < -0.3 is 10.2 Å². The summed E-state index contributed by atoms with van der Waals surface area (Å²) < 4.78 is 1.54. The zero-order valence-corrected chi connectivity index (χ0v) is 21.4. The Bertz CT molecular complexity index is 1520. The molecule has 1 aliphatic heterocycles. The van der Waals surface area contributed by atoms with E-state index in [2.05, 4.69) is 5.32 Å². The summed E-state index contributed by atoms with van der Waals surface area (Å²) in [5.74, 6) is -0.297. The van der Waals surface area contributed by atoms with Crippen LogP contribution in [0.2, 0.25) is 5.02 Å². The summed E-state index contributed by atoms with van der Waals surface area (Å²) in [5.41, 5.74) is 2.12. The number of hydrogen-bond acceptors (Lipinski definition) is 3. The van der Waals surface area contributed by atoms with Gasteiger partial charge in [-0.1, -0.05) is 79.2 Å². The number of para-hydroxylation sites is 1. The average Bonchev–Trinajstić information content (AvgIpc) is 3.32. The van der Waals surface area contributed by atoms with E-state index in [0.29, 0.717) is 41.7 Å². The van der Waals surface area contributed by atoms with Crippen LogP contribution < -0.4 is 10.9 Å². The van der Waals surface area contributed by atoms with Crippen molar-refractivity contribution in [3.8, 4) is 5.69 Å². The highest BCUT2D eigenvalue weighted by Crippen LogP contribution is 2.30. The normalized spacial score (nSPS) is 14.2. The molecule has 0 saturated carbocycles. The van der Waals surface area contributed by atoms with Crippen LogP contribution in [0.25, 0.3) is 16.5 Å². The molecule has 2 amide bonds. The van der Waals surface area contributed by atoms with Crippen molar-refractivity contribution in [1.29, 1.82) is 0 Å². The molecule has 1 aliphatic rings. The quantitative estimate of drug-likeness (QED) is 0.347. The third-order valence-electron chi connectivity index (χ3n) is 6.93. The zero-order valence-electron chi connectivity index (χ0n) is 20.6. The van der Waals surface area contributed by atoms with Crippen LogP contribution in [0, 0.1) is 0 Å². The Labute approximate surface area is 220 Å². The lowest BCUT2D eigenvalue weighted by atomic mass is 9.99. The maximum absolute atomic E-state index is 14.1. The molecular weight excluding hydrogens is 486 g/mol. The molecule has 0 unspecified atom stereocenters. The van der Waals surface area contributed by atoms with Crippen LogP contribution in [-0.4, -0.2) is 27.8 Å². The van der Waals surface area contributed by atoms with Crippen LogP contribution in [0.5, 0.6) is 0 Å². The molecule has 1 aromatic heterocycles. The van der Waals surface area contributed by atoms with Crippen molar-refractivity contribution < 1.29 is 9.59 Å². The van der Waals surface area contributed by atoms with Gasteiger partial charge in [-0.25, -0.2) is 0 Å². The van der Waals surface area contributed by atoms with Gasteiger partial charge in [-0.05, 0) is 36.6 Å². The van der Waals surface area contributed by atoms with E-state index in [9.17, 15) is 14.4 Å². The van der Waals surface area contributed by atoms with Gasteiger partial charge >= 0.3 is 0 Å². The van der Waals surface area contributed by atoms with Gasteiger partial charge in [0.2, 0.25) is 5.91 Å². The highest BCUT2D eigenvalue weighted by molar-refractivity contribution is 6.36. The first-order valence-corrected chi connectivity index (χ1v) is 12.9. The van der Waals surface area contributed by atoms with Crippen LogP contribution >= 0.6 is 11.6 Å². The Hall–Kier alpha value is -3.90. The lowest BCUT2D eigenvalue weighted by molar-refractivity contribution is -0.128. The van der Waals surface area contributed by atoms with E-state index in [0.717, 1.165) is 12.0 Å². The van der Waals surface area contributed by atoms with Crippen molar-refractivity contribution >= 4 is 34.2 Å². The smallest absolute Gasteiger partial charge is 0.264 e. The molecule has 1 saturated heterocycles. The van der Waals surface area contributed by atoms with Crippen molar-refractivity contribution in [2.24, 2.45) is 0 Å². The number of likely N-dealkylation sites (tertiary alicyclic amines) is 1. The molecule has 0 radical (unpaired) electrons. The number of carbonyl (C=O) groups excluding carboxylic acids is 2. The largest absolute Gasteiger partial charge is 0.345 e. The lowest BCUT2D eigenvalue weighted by Gasteiger charge is -2.25. The van der Waals surface area contributed by atoms with Crippen LogP contribution in [0.4, 0.5) is 0 Å². The van der Waals surface area contributed by atoms with Gasteiger partial charge in [0.1, 0.15) is 0 Å². The summed E-state index contributed by atoms with van der Waals surface area (Å²) in [6.07, 6.45) is 1.90. The number of pyridine rings is 1. The molecule has 5 rings (SSSR count). The zero-order chi connectivity index (χ0) is 25.9. The molecule has 188 valence electrons. The molecule has 0 aliphatic carbocycles. The van der Waals surface area contributed by atoms with Gasteiger partial charge in [-0.3, -0.25) is 19.0 Å². The minimum atomic E-state index is -0.319. The molecule has 0 bridgehead atoms. The van der Waals surface area contributed by atoms with Gasteiger partial charge in [0.15, 0.2) is 0 Å².